The Bertz CT molecular complexity index is 301. The molecule has 0 aromatic carbocycles. The Hall–Kier alpha value is -1.40. The van der Waals surface area contributed by atoms with Gasteiger partial charge in [-0.3, -0.25) is 0 Å². The number of carboxylic acids is 1. The van der Waals surface area contributed by atoms with Gasteiger partial charge in [0.15, 0.2) is 0 Å². The predicted molar refractivity (Wildman–Crippen MR) is 53.9 cm³/mol. The third-order valence-electron chi connectivity index (χ3n) is 2.82. The van der Waals surface area contributed by atoms with Crippen molar-refractivity contribution >= 4 is 12.1 Å². The lowest BCUT2D eigenvalue weighted by Gasteiger charge is -2.33. The van der Waals surface area contributed by atoms with E-state index in [0.29, 0.717) is 0 Å². The Morgan fingerprint density at radius 1 is 1.41 bits per heavy atom. The minimum Gasteiger partial charge on any atom is -0.477 e. The van der Waals surface area contributed by atoms with E-state index in [4.69, 9.17) is 9.84 Å². The zero-order valence-electron chi connectivity index (χ0n) is 9.49. The Morgan fingerprint density at radius 2 is 1.94 bits per heavy atom. The molecule has 5 nitrogen and oxygen atoms in total. The molecular formula is C10H15F2NO4. The number of carbonyl (C=O) groups is 2. The van der Waals surface area contributed by atoms with Crippen molar-refractivity contribution in [3.63, 3.8) is 0 Å². The van der Waals surface area contributed by atoms with Crippen molar-refractivity contribution in [2.45, 2.75) is 25.7 Å². The maximum Gasteiger partial charge on any atom is 0.409 e. The van der Waals surface area contributed by atoms with Crippen LogP contribution in [0.2, 0.25) is 0 Å². The van der Waals surface area contributed by atoms with Gasteiger partial charge in [-0.1, -0.05) is 0 Å². The summed E-state index contributed by atoms with van der Waals surface area (Å²) < 4.78 is 31.1. The van der Waals surface area contributed by atoms with Gasteiger partial charge in [0.1, 0.15) is 0 Å². The van der Waals surface area contributed by atoms with Crippen molar-refractivity contribution < 1.29 is 28.2 Å². The first-order valence-corrected chi connectivity index (χ1v) is 5.42. The molecule has 0 atom stereocenters. The molecular weight excluding hydrogens is 236 g/mol. The predicted octanol–water partition coefficient (Wildman–Crippen LogP) is 1.57. The highest BCUT2D eigenvalue weighted by molar-refractivity contribution is 5.75. The Morgan fingerprint density at radius 3 is 2.35 bits per heavy atom. The average molecular weight is 251 g/mol. The summed E-state index contributed by atoms with van der Waals surface area (Å²) in [4.78, 5) is 23.0. The molecule has 0 radical (unpaired) electrons. The molecule has 1 aliphatic heterocycles. The molecule has 0 spiro atoms. The van der Waals surface area contributed by atoms with Gasteiger partial charge in [-0.25, -0.2) is 9.59 Å². The topological polar surface area (TPSA) is 66.8 Å². The zero-order chi connectivity index (χ0) is 13.1. The lowest BCUT2D eigenvalue weighted by Crippen LogP contribution is -2.46. The van der Waals surface area contributed by atoms with E-state index in [1.165, 1.54) is 4.90 Å². The lowest BCUT2D eigenvalue weighted by atomic mass is 9.90. The molecule has 1 saturated heterocycles. The summed E-state index contributed by atoms with van der Waals surface area (Å²) in [6.45, 7) is 2.09. The lowest BCUT2D eigenvalue weighted by molar-refractivity contribution is -0.175. The number of carboxylic acid groups (broad SMARTS) is 1. The number of nitrogens with zero attached hydrogens (tertiary/aromatic N) is 1. The first-order valence-electron chi connectivity index (χ1n) is 5.42. The van der Waals surface area contributed by atoms with Crippen molar-refractivity contribution in [2.24, 2.45) is 5.92 Å². The van der Waals surface area contributed by atoms with E-state index < -0.39 is 23.9 Å². The fourth-order valence-corrected chi connectivity index (χ4v) is 1.81. The van der Waals surface area contributed by atoms with Crippen LogP contribution < -0.4 is 0 Å². The maximum atomic E-state index is 13.2. The van der Waals surface area contributed by atoms with Crippen molar-refractivity contribution in [1.29, 1.82) is 0 Å². The Labute approximate surface area is 97.3 Å². The van der Waals surface area contributed by atoms with Gasteiger partial charge in [0.25, 0.3) is 0 Å². The van der Waals surface area contributed by atoms with Gasteiger partial charge < -0.3 is 14.7 Å². The number of likely N-dealkylation sites (tertiary alicyclic amines) is 1. The minimum absolute atomic E-state index is 0.0296. The van der Waals surface area contributed by atoms with Gasteiger partial charge in [-0.05, 0) is 19.8 Å². The summed E-state index contributed by atoms with van der Waals surface area (Å²) in [7, 11) is 0. The zero-order valence-corrected chi connectivity index (χ0v) is 9.49. The van der Waals surface area contributed by atoms with E-state index >= 15 is 0 Å². The molecule has 0 unspecified atom stereocenters. The molecule has 1 aliphatic rings. The molecule has 7 heteroatoms. The number of ether oxygens (including phenoxy) is 1. The van der Waals surface area contributed by atoms with Gasteiger partial charge in [0, 0.05) is 19.0 Å². The van der Waals surface area contributed by atoms with Crippen LogP contribution in [-0.2, 0) is 9.53 Å². The summed E-state index contributed by atoms with van der Waals surface area (Å²) in [5, 5.41) is 8.40. The number of carbonyl (C=O) groups excluding carboxylic acids is 1. The number of amides is 1. The second-order valence-corrected chi connectivity index (χ2v) is 3.89. The Balaban J connectivity index is 2.51. The summed E-state index contributed by atoms with van der Waals surface area (Å²) in [6, 6.07) is 0. The smallest absolute Gasteiger partial charge is 0.409 e. The number of rotatable bonds is 3. The summed E-state index contributed by atoms with van der Waals surface area (Å²) in [5.74, 6) is -7.04. The molecule has 1 rings (SSSR count). The molecule has 1 heterocycles. The number of hydrogen-bond donors (Lipinski definition) is 1. The number of hydrogen-bond acceptors (Lipinski definition) is 3. The second kappa shape index (κ2) is 5.29. The molecule has 0 aromatic rings. The van der Waals surface area contributed by atoms with Gasteiger partial charge in [-0.15, -0.1) is 0 Å². The van der Waals surface area contributed by atoms with Crippen LogP contribution in [0, 0.1) is 5.92 Å². The molecule has 0 aromatic heterocycles. The van der Waals surface area contributed by atoms with E-state index in [2.05, 4.69) is 0 Å². The first kappa shape index (κ1) is 13.7. The van der Waals surface area contributed by atoms with Gasteiger partial charge in [-0.2, -0.15) is 8.78 Å². The summed E-state index contributed by atoms with van der Waals surface area (Å²) in [5.41, 5.74) is 0. The fourth-order valence-electron chi connectivity index (χ4n) is 1.81. The first-order chi connectivity index (χ1) is 7.89. The van der Waals surface area contributed by atoms with E-state index in [-0.39, 0.29) is 32.5 Å². The number of aliphatic carboxylic acids is 1. The van der Waals surface area contributed by atoms with Crippen molar-refractivity contribution in [2.75, 3.05) is 19.7 Å². The van der Waals surface area contributed by atoms with Gasteiger partial charge >= 0.3 is 18.0 Å². The average Bonchev–Trinajstić information content (AvgIpc) is 2.29. The maximum absolute atomic E-state index is 13.2. The second-order valence-electron chi connectivity index (χ2n) is 3.89. The van der Waals surface area contributed by atoms with Crippen LogP contribution in [0.5, 0.6) is 0 Å². The highest BCUT2D eigenvalue weighted by Gasteiger charge is 2.48. The SMILES string of the molecule is CCOC(=O)N1CCC(C(F)(F)C(=O)O)CC1. The molecule has 17 heavy (non-hydrogen) atoms. The summed E-state index contributed by atoms with van der Waals surface area (Å²) in [6.07, 6.45) is -0.597. The van der Waals surface area contributed by atoms with Crippen LogP contribution in [-0.4, -0.2) is 47.7 Å². The van der Waals surface area contributed by atoms with Crippen LogP contribution in [0.25, 0.3) is 0 Å². The Kier molecular flexibility index (Phi) is 4.25. The molecule has 1 fully saturated rings. The number of halogens is 2. The van der Waals surface area contributed by atoms with Gasteiger partial charge in [0.05, 0.1) is 6.61 Å². The highest BCUT2D eigenvalue weighted by Crippen LogP contribution is 2.33. The standard InChI is InChI=1S/C10H15F2NO4/c1-2-17-9(16)13-5-3-7(4-6-13)10(11,12)8(14)15/h7H,2-6H2,1H3,(H,14,15). The fraction of sp³-hybridized carbons (Fsp3) is 0.800. The quantitative estimate of drug-likeness (QED) is 0.826. The van der Waals surface area contributed by atoms with E-state index in [1.807, 2.05) is 0 Å². The van der Waals surface area contributed by atoms with Crippen molar-refractivity contribution in [1.82, 2.24) is 4.90 Å². The molecule has 98 valence electrons. The van der Waals surface area contributed by atoms with Crippen LogP contribution >= 0.6 is 0 Å². The number of alkyl halides is 2. The van der Waals surface area contributed by atoms with E-state index in [0.717, 1.165) is 0 Å². The van der Waals surface area contributed by atoms with Crippen LogP contribution in [0.3, 0.4) is 0 Å². The highest BCUT2D eigenvalue weighted by atomic mass is 19.3. The summed E-state index contributed by atoms with van der Waals surface area (Å²) >= 11 is 0. The van der Waals surface area contributed by atoms with Crippen LogP contribution in [0.15, 0.2) is 0 Å². The largest absolute Gasteiger partial charge is 0.477 e. The molecule has 0 saturated carbocycles. The van der Waals surface area contributed by atoms with Crippen molar-refractivity contribution in [3.8, 4) is 0 Å². The minimum atomic E-state index is -3.72. The molecule has 0 aliphatic carbocycles. The van der Waals surface area contributed by atoms with Crippen LogP contribution in [0.4, 0.5) is 13.6 Å². The van der Waals surface area contributed by atoms with Crippen LogP contribution in [0.1, 0.15) is 19.8 Å². The monoisotopic (exact) mass is 251 g/mol. The third-order valence-corrected chi connectivity index (χ3v) is 2.82. The van der Waals surface area contributed by atoms with E-state index in [1.54, 1.807) is 6.92 Å². The molecule has 0 bridgehead atoms. The molecule has 1 amide bonds. The molecule has 1 N–H and O–H groups in total. The number of piperidine rings is 1. The van der Waals surface area contributed by atoms with Crippen molar-refractivity contribution in [3.05, 3.63) is 0 Å². The normalized spacial score (nSPS) is 17.9. The van der Waals surface area contributed by atoms with E-state index in [9.17, 15) is 18.4 Å². The van der Waals surface area contributed by atoms with Gasteiger partial charge in [0.2, 0.25) is 0 Å². The third kappa shape index (κ3) is 3.04.